The van der Waals surface area contributed by atoms with E-state index in [0.717, 1.165) is 16.2 Å². The highest BCUT2D eigenvalue weighted by atomic mass is 19.1. The predicted molar refractivity (Wildman–Crippen MR) is 49.5 cm³/mol. The maximum absolute atomic E-state index is 12.9. The first-order chi connectivity index (χ1) is 6.18. The number of hydrogen-bond acceptors (Lipinski definition) is 2. The van der Waals surface area contributed by atoms with Gasteiger partial charge in [-0.3, -0.25) is 0 Å². The Bertz CT molecular complexity index is 315. The quantitative estimate of drug-likeness (QED) is 0.579. The fourth-order valence-electron chi connectivity index (χ4n) is 1.86. The molecule has 70 valence electrons. The normalized spacial score (nSPS) is 26.8. The molecule has 3 heteroatoms. The number of hydroxylamine groups is 2. The Morgan fingerprint density at radius 3 is 3.00 bits per heavy atom. The third-order valence-corrected chi connectivity index (χ3v) is 2.57. The third-order valence-electron chi connectivity index (χ3n) is 2.57. The van der Waals surface area contributed by atoms with E-state index in [-0.39, 0.29) is 11.9 Å². The van der Waals surface area contributed by atoms with E-state index in [1.807, 2.05) is 6.08 Å². The molecule has 0 N–H and O–H groups in total. The van der Waals surface area contributed by atoms with Crippen molar-refractivity contribution < 1.29 is 4.39 Å². The van der Waals surface area contributed by atoms with Crippen molar-refractivity contribution in [1.29, 1.82) is 0 Å². The van der Waals surface area contributed by atoms with Gasteiger partial charge in [0.2, 0.25) is 0 Å². The predicted octanol–water partition coefficient (Wildman–Crippen LogP) is 2.30. The smallest absolute Gasteiger partial charge is 0.119 e. The van der Waals surface area contributed by atoms with E-state index in [0.29, 0.717) is 12.8 Å². The summed E-state index contributed by atoms with van der Waals surface area (Å²) in [5.74, 6) is -0.221. The minimum atomic E-state index is -0.221. The Hall–Kier alpha value is -0.930. The van der Waals surface area contributed by atoms with Gasteiger partial charge in [0.05, 0.1) is 0 Å². The first kappa shape index (κ1) is 8.66. The molecule has 0 aromatic rings. The van der Waals surface area contributed by atoms with E-state index in [1.54, 1.807) is 6.08 Å². The molecule has 0 radical (unpaired) electrons. The topological polar surface area (TPSA) is 26.3 Å². The van der Waals surface area contributed by atoms with Crippen LogP contribution >= 0.6 is 0 Å². The zero-order valence-corrected chi connectivity index (χ0v) is 7.46. The Kier molecular flexibility index (Phi) is 2.06. The van der Waals surface area contributed by atoms with Crippen molar-refractivity contribution in [2.45, 2.75) is 18.9 Å². The molecule has 0 aromatic heterocycles. The molecule has 0 aromatic carbocycles. The second-order valence-corrected chi connectivity index (χ2v) is 3.42. The third kappa shape index (κ3) is 1.45. The van der Waals surface area contributed by atoms with Crippen molar-refractivity contribution in [2.24, 2.45) is 0 Å². The monoisotopic (exact) mass is 180 g/mol. The molecular formula is C10H11FNO-. The van der Waals surface area contributed by atoms with E-state index in [4.69, 9.17) is 0 Å². The Labute approximate surface area is 76.6 Å². The fourth-order valence-corrected chi connectivity index (χ4v) is 1.86. The molecule has 0 fully saturated rings. The molecule has 1 atom stereocenters. The molecule has 0 saturated heterocycles. The lowest BCUT2D eigenvalue weighted by molar-refractivity contribution is 0.383. The summed E-state index contributed by atoms with van der Waals surface area (Å²) in [6.07, 6.45) is 6.38. The minimum absolute atomic E-state index is 0.172. The first-order valence-corrected chi connectivity index (χ1v) is 4.35. The van der Waals surface area contributed by atoms with Crippen molar-refractivity contribution in [3.05, 3.63) is 40.4 Å². The van der Waals surface area contributed by atoms with Crippen molar-refractivity contribution in [3.8, 4) is 0 Å². The molecule has 2 nitrogen and oxygen atoms in total. The van der Waals surface area contributed by atoms with Gasteiger partial charge in [-0.1, -0.05) is 6.08 Å². The van der Waals surface area contributed by atoms with Gasteiger partial charge in [0.1, 0.15) is 5.83 Å². The van der Waals surface area contributed by atoms with Gasteiger partial charge in [0, 0.05) is 6.04 Å². The summed E-state index contributed by atoms with van der Waals surface area (Å²) in [4.78, 5) is 0. The van der Waals surface area contributed by atoms with Gasteiger partial charge in [-0.25, -0.2) is 4.39 Å². The summed E-state index contributed by atoms with van der Waals surface area (Å²) in [5.41, 5.74) is 1.96. The van der Waals surface area contributed by atoms with Gasteiger partial charge in [-0.2, -0.15) is 0 Å². The summed E-state index contributed by atoms with van der Waals surface area (Å²) in [6, 6.07) is -0.172. The van der Waals surface area contributed by atoms with Crippen molar-refractivity contribution in [3.63, 3.8) is 0 Å². The molecular weight excluding hydrogens is 169 g/mol. The first-order valence-electron chi connectivity index (χ1n) is 4.35. The number of rotatable bonds is 1. The number of allylic oxidation sites excluding steroid dienone is 3. The Balaban J connectivity index is 2.29. The van der Waals surface area contributed by atoms with E-state index >= 15 is 0 Å². The van der Waals surface area contributed by atoms with Crippen molar-refractivity contribution in [1.82, 2.24) is 5.06 Å². The summed E-state index contributed by atoms with van der Waals surface area (Å²) < 4.78 is 12.9. The maximum atomic E-state index is 12.9. The molecule has 0 amide bonds. The lowest BCUT2D eigenvalue weighted by Gasteiger charge is -2.32. The summed E-state index contributed by atoms with van der Waals surface area (Å²) in [5, 5.41) is 12.0. The van der Waals surface area contributed by atoms with Crippen LogP contribution in [0.3, 0.4) is 0 Å². The van der Waals surface area contributed by atoms with Crippen LogP contribution in [-0.2, 0) is 0 Å². The van der Waals surface area contributed by atoms with E-state index < -0.39 is 0 Å². The summed E-state index contributed by atoms with van der Waals surface area (Å²) >= 11 is 0. The second kappa shape index (κ2) is 3.09. The molecule has 0 aliphatic heterocycles. The molecule has 1 unspecified atom stereocenters. The number of fused-ring (bicyclic) bond motifs is 1. The van der Waals surface area contributed by atoms with Crippen LogP contribution in [-0.4, -0.2) is 18.2 Å². The fraction of sp³-hybridized carbons (Fsp3) is 0.400. The summed E-state index contributed by atoms with van der Waals surface area (Å²) in [6.45, 7) is 0. The maximum Gasteiger partial charge on any atom is 0.119 e. The lowest BCUT2D eigenvalue weighted by Crippen LogP contribution is -2.26. The molecule has 2 aliphatic rings. The van der Waals surface area contributed by atoms with Crippen LogP contribution in [0.1, 0.15) is 12.8 Å². The molecule has 2 rings (SSSR count). The highest BCUT2D eigenvalue weighted by Gasteiger charge is 2.24. The SMILES string of the molecule is CN([O-])C1CC=C2CC=C(F)C=C21. The highest BCUT2D eigenvalue weighted by molar-refractivity contribution is 5.48. The van der Waals surface area contributed by atoms with Gasteiger partial charge in [-0.05, 0) is 43.2 Å². The van der Waals surface area contributed by atoms with Gasteiger partial charge < -0.3 is 10.3 Å². The summed E-state index contributed by atoms with van der Waals surface area (Å²) in [7, 11) is 1.48. The average Bonchev–Trinajstić information content (AvgIpc) is 2.46. The molecule has 0 saturated carbocycles. The Morgan fingerprint density at radius 2 is 2.31 bits per heavy atom. The lowest BCUT2D eigenvalue weighted by atomic mass is 9.98. The van der Waals surface area contributed by atoms with Crippen LogP contribution in [0, 0.1) is 5.21 Å². The molecule has 2 aliphatic carbocycles. The van der Waals surface area contributed by atoms with Gasteiger partial charge >= 0.3 is 0 Å². The van der Waals surface area contributed by atoms with Crippen molar-refractivity contribution >= 4 is 0 Å². The second-order valence-electron chi connectivity index (χ2n) is 3.42. The van der Waals surface area contributed by atoms with Gasteiger partial charge in [0.25, 0.3) is 0 Å². The molecule has 13 heavy (non-hydrogen) atoms. The van der Waals surface area contributed by atoms with Crippen LogP contribution in [0.5, 0.6) is 0 Å². The average molecular weight is 180 g/mol. The zero-order valence-electron chi connectivity index (χ0n) is 7.46. The van der Waals surface area contributed by atoms with E-state index in [9.17, 15) is 9.60 Å². The Morgan fingerprint density at radius 1 is 1.54 bits per heavy atom. The minimum Gasteiger partial charge on any atom is -0.785 e. The largest absolute Gasteiger partial charge is 0.785 e. The number of likely N-dealkylation sites (N-methyl/N-ethyl adjacent to an activating group) is 1. The highest BCUT2D eigenvalue weighted by Crippen LogP contribution is 2.35. The van der Waals surface area contributed by atoms with Gasteiger partial charge in [-0.15, -0.1) is 0 Å². The van der Waals surface area contributed by atoms with Gasteiger partial charge in [0.15, 0.2) is 0 Å². The van der Waals surface area contributed by atoms with Crippen LogP contribution in [0.25, 0.3) is 0 Å². The standard InChI is InChI=1S/C10H11FNO/c1-12(13)10-5-3-7-2-4-8(11)6-9(7)10/h3-4,6,10H,2,5H2,1H3/q-1. The molecule has 0 heterocycles. The number of halogens is 1. The van der Waals surface area contributed by atoms with Crippen LogP contribution < -0.4 is 0 Å². The zero-order chi connectivity index (χ0) is 9.42. The van der Waals surface area contributed by atoms with E-state index in [2.05, 4.69) is 0 Å². The molecule has 0 spiro atoms. The van der Waals surface area contributed by atoms with Crippen LogP contribution in [0.2, 0.25) is 0 Å². The van der Waals surface area contributed by atoms with Crippen LogP contribution in [0.15, 0.2) is 35.2 Å². The number of nitrogens with zero attached hydrogens (tertiary/aromatic N) is 1. The van der Waals surface area contributed by atoms with E-state index in [1.165, 1.54) is 13.1 Å². The molecule has 0 bridgehead atoms. The van der Waals surface area contributed by atoms with Crippen LogP contribution in [0.4, 0.5) is 4.39 Å². The number of hydrogen-bond donors (Lipinski definition) is 0. The van der Waals surface area contributed by atoms with Crippen molar-refractivity contribution in [2.75, 3.05) is 7.05 Å².